The summed E-state index contributed by atoms with van der Waals surface area (Å²) in [7, 11) is -3.91. The highest BCUT2D eigenvalue weighted by Gasteiger charge is 2.28. The number of anilines is 1. The first-order valence-electron chi connectivity index (χ1n) is 10.3. The Balaban J connectivity index is 1.85. The van der Waals surface area contributed by atoms with E-state index in [1.54, 1.807) is 36.4 Å². The molecule has 5 nitrogen and oxygen atoms in total. The Bertz CT molecular complexity index is 1130. The Morgan fingerprint density at radius 1 is 0.935 bits per heavy atom. The molecule has 3 aromatic rings. The summed E-state index contributed by atoms with van der Waals surface area (Å²) < 4.78 is 28.1. The van der Waals surface area contributed by atoms with Crippen LogP contribution < -0.4 is 9.62 Å². The summed E-state index contributed by atoms with van der Waals surface area (Å²) in [6.07, 6.45) is 0. The molecule has 0 fully saturated rings. The number of sulfonamides is 1. The normalized spacial score (nSPS) is 12.2. The first-order valence-corrected chi connectivity index (χ1v) is 11.7. The third-order valence-corrected chi connectivity index (χ3v) is 7.00. The topological polar surface area (TPSA) is 66.5 Å². The number of carbonyl (C=O) groups excluding carboxylic acids is 1. The van der Waals surface area contributed by atoms with E-state index in [9.17, 15) is 13.2 Å². The zero-order valence-electron chi connectivity index (χ0n) is 18.1. The predicted molar refractivity (Wildman–Crippen MR) is 125 cm³/mol. The van der Waals surface area contributed by atoms with Crippen LogP contribution in [0.15, 0.2) is 83.8 Å². The van der Waals surface area contributed by atoms with Crippen molar-refractivity contribution in [2.24, 2.45) is 0 Å². The molecule has 3 rings (SSSR count). The first-order chi connectivity index (χ1) is 14.8. The van der Waals surface area contributed by atoms with Gasteiger partial charge >= 0.3 is 0 Å². The van der Waals surface area contributed by atoms with E-state index in [4.69, 9.17) is 0 Å². The van der Waals surface area contributed by atoms with Crippen LogP contribution in [0.5, 0.6) is 0 Å². The van der Waals surface area contributed by atoms with Gasteiger partial charge in [0.1, 0.15) is 6.54 Å². The van der Waals surface area contributed by atoms with Crippen molar-refractivity contribution in [1.29, 1.82) is 0 Å². The van der Waals surface area contributed by atoms with E-state index >= 15 is 0 Å². The van der Waals surface area contributed by atoms with Gasteiger partial charge in [-0.3, -0.25) is 9.10 Å². The largest absolute Gasteiger partial charge is 0.354 e. The first kappa shape index (κ1) is 22.6. The summed E-state index contributed by atoms with van der Waals surface area (Å²) in [5, 5.41) is 2.89. The van der Waals surface area contributed by atoms with Crippen molar-refractivity contribution in [3.63, 3.8) is 0 Å². The minimum absolute atomic E-state index is 0.116. The molecule has 0 aliphatic carbocycles. The van der Waals surface area contributed by atoms with Crippen molar-refractivity contribution in [2.45, 2.75) is 31.6 Å². The van der Waals surface area contributed by atoms with Crippen molar-refractivity contribution in [2.75, 3.05) is 17.4 Å². The fraction of sp³-hybridized carbons (Fsp3) is 0.240. The van der Waals surface area contributed by atoms with Gasteiger partial charge in [-0.15, -0.1) is 0 Å². The molecule has 1 amide bonds. The molecule has 0 bridgehead atoms. The van der Waals surface area contributed by atoms with Crippen LogP contribution in [-0.4, -0.2) is 27.4 Å². The molecule has 0 aliphatic heterocycles. The number of rotatable bonds is 8. The van der Waals surface area contributed by atoms with E-state index < -0.39 is 10.0 Å². The van der Waals surface area contributed by atoms with Crippen molar-refractivity contribution in [3.8, 4) is 0 Å². The maximum absolute atomic E-state index is 13.4. The van der Waals surface area contributed by atoms with Gasteiger partial charge in [-0.2, -0.15) is 0 Å². The van der Waals surface area contributed by atoms with Crippen LogP contribution in [0.2, 0.25) is 0 Å². The van der Waals surface area contributed by atoms with E-state index in [2.05, 4.69) is 5.32 Å². The maximum atomic E-state index is 13.4. The zero-order chi connectivity index (χ0) is 22.4. The van der Waals surface area contributed by atoms with Gasteiger partial charge in [0.25, 0.3) is 10.0 Å². The van der Waals surface area contributed by atoms with Crippen LogP contribution in [0, 0.1) is 13.8 Å². The molecule has 6 heteroatoms. The maximum Gasteiger partial charge on any atom is 0.264 e. The average Bonchev–Trinajstić information content (AvgIpc) is 2.78. The fourth-order valence-electron chi connectivity index (χ4n) is 3.36. The Labute approximate surface area is 184 Å². The molecule has 31 heavy (non-hydrogen) atoms. The van der Waals surface area contributed by atoms with Crippen molar-refractivity contribution in [3.05, 3.63) is 95.6 Å². The Morgan fingerprint density at radius 3 is 2.19 bits per heavy atom. The highest BCUT2D eigenvalue weighted by Crippen LogP contribution is 2.27. The molecule has 0 radical (unpaired) electrons. The molecule has 0 aromatic heterocycles. The second-order valence-corrected chi connectivity index (χ2v) is 9.59. The van der Waals surface area contributed by atoms with Crippen molar-refractivity contribution < 1.29 is 13.2 Å². The fourth-order valence-corrected chi connectivity index (χ4v) is 4.86. The SMILES string of the molecule is Cc1ccc(C)c(N(CC(=O)NC[C@H](C)c2ccccc2)S(=O)(=O)c2ccccc2)c1. The van der Waals surface area contributed by atoms with Crippen LogP contribution in [0.3, 0.4) is 0 Å². The van der Waals surface area contributed by atoms with E-state index in [0.717, 1.165) is 16.7 Å². The highest BCUT2D eigenvalue weighted by atomic mass is 32.2. The van der Waals surface area contributed by atoms with Gasteiger partial charge in [-0.05, 0) is 54.7 Å². The molecule has 0 heterocycles. The van der Waals surface area contributed by atoms with Crippen LogP contribution in [-0.2, 0) is 14.8 Å². The van der Waals surface area contributed by atoms with Crippen molar-refractivity contribution in [1.82, 2.24) is 5.32 Å². The number of benzene rings is 3. The van der Waals surface area contributed by atoms with Gasteiger partial charge in [0.2, 0.25) is 5.91 Å². The van der Waals surface area contributed by atoms with Gasteiger partial charge in [0, 0.05) is 6.54 Å². The Hall–Kier alpha value is -3.12. The van der Waals surface area contributed by atoms with Gasteiger partial charge in [-0.25, -0.2) is 8.42 Å². The van der Waals surface area contributed by atoms with Gasteiger partial charge in [-0.1, -0.05) is 67.6 Å². The second-order valence-electron chi connectivity index (χ2n) is 7.73. The molecule has 0 unspecified atom stereocenters. The summed E-state index contributed by atoms with van der Waals surface area (Å²) in [5.74, 6) is -0.228. The Morgan fingerprint density at radius 2 is 1.55 bits per heavy atom. The zero-order valence-corrected chi connectivity index (χ0v) is 18.9. The minimum atomic E-state index is -3.91. The van der Waals surface area contributed by atoms with E-state index in [0.29, 0.717) is 12.2 Å². The van der Waals surface area contributed by atoms with Gasteiger partial charge in [0.05, 0.1) is 10.6 Å². The van der Waals surface area contributed by atoms with Gasteiger partial charge < -0.3 is 5.32 Å². The van der Waals surface area contributed by atoms with Crippen LogP contribution in [0.4, 0.5) is 5.69 Å². The lowest BCUT2D eigenvalue weighted by Gasteiger charge is -2.26. The van der Waals surface area contributed by atoms with Crippen molar-refractivity contribution >= 4 is 21.6 Å². The highest BCUT2D eigenvalue weighted by molar-refractivity contribution is 7.92. The number of nitrogens with one attached hydrogen (secondary N) is 1. The summed E-state index contributed by atoms with van der Waals surface area (Å²) >= 11 is 0. The van der Waals surface area contributed by atoms with Crippen LogP contribution in [0.1, 0.15) is 29.5 Å². The molecule has 1 N–H and O–H groups in total. The number of amides is 1. The molecule has 162 valence electrons. The summed E-state index contributed by atoms with van der Waals surface area (Å²) in [4.78, 5) is 13.0. The van der Waals surface area contributed by atoms with Crippen LogP contribution in [0.25, 0.3) is 0 Å². The second kappa shape index (κ2) is 9.79. The number of nitrogens with zero attached hydrogens (tertiary/aromatic N) is 1. The smallest absolute Gasteiger partial charge is 0.264 e. The minimum Gasteiger partial charge on any atom is -0.354 e. The quantitative estimate of drug-likeness (QED) is 0.568. The summed E-state index contributed by atoms with van der Waals surface area (Å²) in [6.45, 7) is 5.91. The standard InChI is InChI=1S/C25H28N2O3S/c1-19-14-15-20(2)24(16-19)27(31(29,30)23-12-8-5-9-13-23)18-25(28)26-17-21(3)22-10-6-4-7-11-22/h4-16,21H,17-18H2,1-3H3,(H,26,28)/t21-/m0/s1. The lowest BCUT2D eigenvalue weighted by Crippen LogP contribution is -2.42. The number of hydrogen-bond donors (Lipinski definition) is 1. The average molecular weight is 437 g/mol. The molecule has 3 aromatic carbocycles. The molecule has 0 spiro atoms. The Kier molecular flexibility index (Phi) is 7.13. The monoisotopic (exact) mass is 436 g/mol. The third-order valence-electron chi connectivity index (χ3n) is 5.23. The molecular weight excluding hydrogens is 408 g/mol. The summed E-state index contributed by atoms with van der Waals surface area (Å²) in [6, 6.07) is 23.7. The molecular formula is C25H28N2O3S. The van der Waals surface area contributed by atoms with Gasteiger partial charge in [0.15, 0.2) is 0 Å². The molecule has 0 saturated heterocycles. The lowest BCUT2D eigenvalue weighted by atomic mass is 10.0. The molecule has 1 atom stereocenters. The number of hydrogen-bond acceptors (Lipinski definition) is 3. The van der Waals surface area contributed by atoms with E-state index in [1.807, 2.05) is 63.2 Å². The number of carbonyl (C=O) groups is 1. The molecule has 0 saturated carbocycles. The molecule has 0 aliphatic rings. The van der Waals surface area contributed by atoms with E-state index in [-0.39, 0.29) is 23.3 Å². The van der Waals surface area contributed by atoms with E-state index in [1.165, 1.54) is 4.31 Å². The third kappa shape index (κ3) is 5.52. The lowest BCUT2D eigenvalue weighted by molar-refractivity contribution is -0.119. The number of aryl methyl sites for hydroxylation is 2. The predicted octanol–water partition coefficient (Wildman–Crippen LogP) is 4.42. The summed E-state index contributed by atoms with van der Waals surface area (Å²) in [5.41, 5.74) is 3.34. The van der Waals surface area contributed by atoms with Crippen LogP contribution >= 0.6 is 0 Å².